The number of carboxylic acid groups (broad SMARTS) is 1. The molecule has 2 N–H and O–H groups in total. The molecule has 0 aliphatic rings. The van der Waals surface area contributed by atoms with Crippen LogP contribution in [0, 0.1) is 0 Å². The van der Waals surface area contributed by atoms with Crippen molar-refractivity contribution < 1.29 is 9.90 Å². The van der Waals surface area contributed by atoms with Gasteiger partial charge < -0.3 is 10.4 Å². The zero-order valence-electron chi connectivity index (χ0n) is 13.4. The van der Waals surface area contributed by atoms with Crippen molar-refractivity contribution in [3.8, 4) is 0 Å². The van der Waals surface area contributed by atoms with Crippen molar-refractivity contribution in [2.75, 3.05) is 11.9 Å². The van der Waals surface area contributed by atoms with Crippen molar-refractivity contribution >= 4 is 28.6 Å². The van der Waals surface area contributed by atoms with Crippen molar-refractivity contribution in [2.24, 2.45) is 0 Å². The normalized spacial score (nSPS) is 11.5. The van der Waals surface area contributed by atoms with E-state index in [-0.39, 0.29) is 0 Å². The molecule has 0 amide bonds. The molecule has 0 radical (unpaired) electrons. The third-order valence-corrected chi connectivity index (χ3v) is 3.77. The second-order valence-electron chi connectivity index (χ2n) is 5.65. The summed E-state index contributed by atoms with van der Waals surface area (Å²) in [6, 6.07) is 16.9. The van der Waals surface area contributed by atoms with Gasteiger partial charge in [0.05, 0.1) is 11.1 Å². The van der Waals surface area contributed by atoms with E-state index >= 15 is 0 Å². The number of hydrogen-bond donors (Lipinski definition) is 2. The first-order valence-electron chi connectivity index (χ1n) is 7.71. The highest BCUT2D eigenvalue weighted by Gasteiger charge is 2.02. The van der Waals surface area contributed by atoms with Gasteiger partial charge in [-0.2, -0.15) is 0 Å². The Balaban J connectivity index is 1.72. The number of nitrogens with zero attached hydrogens (tertiary/aromatic N) is 1. The van der Waals surface area contributed by atoms with Gasteiger partial charge in [0, 0.05) is 23.8 Å². The number of fused-ring (bicyclic) bond motifs is 1. The number of anilines is 1. The number of carboxylic acids is 1. The molecule has 3 aromatic rings. The lowest BCUT2D eigenvalue weighted by molar-refractivity contribution is 0.0697. The fraction of sp³-hybridized carbons (Fsp3) is 0.100. The topological polar surface area (TPSA) is 62.2 Å². The Morgan fingerprint density at radius 1 is 1.12 bits per heavy atom. The summed E-state index contributed by atoms with van der Waals surface area (Å²) in [7, 11) is 0. The minimum Gasteiger partial charge on any atom is -0.478 e. The van der Waals surface area contributed by atoms with Crippen LogP contribution in [0.5, 0.6) is 0 Å². The van der Waals surface area contributed by atoms with Crippen LogP contribution in [0.25, 0.3) is 17.0 Å². The first-order valence-corrected chi connectivity index (χ1v) is 7.71. The van der Waals surface area contributed by atoms with Crippen LogP contribution in [0.3, 0.4) is 0 Å². The third-order valence-electron chi connectivity index (χ3n) is 3.77. The first kappa shape index (κ1) is 15.7. The number of aromatic nitrogens is 1. The summed E-state index contributed by atoms with van der Waals surface area (Å²) in [5, 5.41) is 13.5. The van der Waals surface area contributed by atoms with Gasteiger partial charge in [0.1, 0.15) is 0 Å². The Bertz CT molecular complexity index is 894. The van der Waals surface area contributed by atoms with Gasteiger partial charge in [-0.3, -0.25) is 4.98 Å². The lowest BCUT2D eigenvalue weighted by Gasteiger charge is -2.10. The molecule has 3 rings (SSSR count). The average molecular weight is 318 g/mol. The van der Waals surface area contributed by atoms with Gasteiger partial charge in [-0.05, 0) is 48.9 Å². The Labute approximate surface area is 140 Å². The predicted molar refractivity (Wildman–Crippen MR) is 97.3 cm³/mol. The molecule has 0 aliphatic carbocycles. The van der Waals surface area contributed by atoms with Gasteiger partial charge >= 0.3 is 5.97 Å². The van der Waals surface area contributed by atoms with Gasteiger partial charge in [0.2, 0.25) is 0 Å². The fourth-order valence-corrected chi connectivity index (χ4v) is 2.55. The lowest BCUT2D eigenvalue weighted by atomic mass is 10.1. The van der Waals surface area contributed by atoms with Crippen molar-refractivity contribution in [1.29, 1.82) is 0 Å². The van der Waals surface area contributed by atoms with Crippen LogP contribution in [0.1, 0.15) is 22.8 Å². The van der Waals surface area contributed by atoms with E-state index in [1.54, 1.807) is 18.3 Å². The van der Waals surface area contributed by atoms with Crippen molar-refractivity contribution in [2.45, 2.75) is 6.92 Å². The molecule has 24 heavy (non-hydrogen) atoms. The summed E-state index contributed by atoms with van der Waals surface area (Å²) in [4.78, 5) is 15.2. The zero-order valence-corrected chi connectivity index (χ0v) is 13.4. The number of hydrogen-bond acceptors (Lipinski definition) is 3. The molecular weight excluding hydrogens is 300 g/mol. The number of benzene rings is 2. The van der Waals surface area contributed by atoms with E-state index in [2.05, 4.69) is 10.3 Å². The smallest absolute Gasteiger partial charge is 0.335 e. The Kier molecular flexibility index (Phi) is 4.57. The van der Waals surface area contributed by atoms with Crippen molar-refractivity contribution in [3.05, 3.63) is 77.5 Å². The molecule has 0 bridgehead atoms. The lowest BCUT2D eigenvalue weighted by Crippen LogP contribution is -2.03. The molecule has 0 fully saturated rings. The van der Waals surface area contributed by atoms with E-state index in [1.807, 2.05) is 55.5 Å². The van der Waals surface area contributed by atoms with Gasteiger partial charge in [-0.15, -0.1) is 0 Å². The van der Waals surface area contributed by atoms with Gasteiger partial charge in [-0.25, -0.2) is 4.79 Å². The van der Waals surface area contributed by atoms with Gasteiger partial charge in [-0.1, -0.05) is 29.8 Å². The molecule has 0 aliphatic heterocycles. The molecule has 120 valence electrons. The quantitative estimate of drug-likeness (QED) is 0.729. The maximum absolute atomic E-state index is 10.9. The summed E-state index contributed by atoms with van der Waals surface area (Å²) >= 11 is 0. The molecule has 0 spiro atoms. The van der Waals surface area contributed by atoms with Crippen LogP contribution >= 0.6 is 0 Å². The molecular formula is C20H18N2O2. The van der Waals surface area contributed by atoms with E-state index in [0.29, 0.717) is 12.1 Å². The summed E-state index contributed by atoms with van der Waals surface area (Å²) in [6.45, 7) is 2.75. The summed E-state index contributed by atoms with van der Waals surface area (Å²) in [6.07, 6.45) is 3.83. The molecule has 1 aromatic heterocycles. The van der Waals surface area contributed by atoms with E-state index in [1.165, 1.54) is 0 Å². The Morgan fingerprint density at radius 2 is 1.92 bits per heavy atom. The minimum absolute atomic E-state index is 0.297. The molecule has 0 unspecified atom stereocenters. The summed E-state index contributed by atoms with van der Waals surface area (Å²) in [5.41, 5.74) is 4.45. The number of nitrogens with one attached hydrogen (secondary N) is 1. The maximum Gasteiger partial charge on any atom is 0.335 e. The molecule has 4 nitrogen and oxygen atoms in total. The van der Waals surface area contributed by atoms with Crippen LogP contribution in [-0.4, -0.2) is 22.6 Å². The van der Waals surface area contributed by atoms with Crippen molar-refractivity contribution in [3.63, 3.8) is 0 Å². The third kappa shape index (κ3) is 3.60. The van der Waals surface area contributed by atoms with Crippen LogP contribution < -0.4 is 5.32 Å². The highest BCUT2D eigenvalue weighted by Crippen LogP contribution is 2.21. The second-order valence-corrected chi connectivity index (χ2v) is 5.65. The Morgan fingerprint density at radius 3 is 2.67 bits per heavy atom. The number of aromatic carboxylic acids is 1. The van der Waals surface area contributed by atoms with Gasteiger partial charge in [0.25, 0.3) is 0 Å². The van der Waals surface area contributed by atoms with E-state index in [4.69, 9.17) is 5.11 Å². The van der Waals surface area contributed by atoms with Crippen LogP contribution in [0.2, 0.25) is 0 Å². The Hall–Kier alpha value is -3.14. The second kappa shape index (κ2) is 6.96. The molecule has 2 aromatic carbocycles. The molecule has 4 heteroatoms. The molecule has 0 saturated heterocycles. The predicted octanol–water partition coefficient (Wildman–Crippen LogP) is 4.45. The average Bonchev–Trinajstić information content (AvgIpc) is 2.60. The van der Waals surface area contributed by atoms with Crippen molar-refractivity contribution in [1.82, 2.24) is 4.98 Å². The molecule has 0 atom stereocenters. The zero-order chi connectivity index (χ0) is 16.9. The van der Waals surface area contributed by atoms with E-state index in [9.17, 15) is 4.79 Å². The standard InChI is InChI=1S/C20H18N2O2/c1-14(12-15-7-9-16(10-8-15)20(23)24)13-22-19-6-2-5-18-17(19)4-3-11-21-18/h2-12,22H,13H2,1H3,(H,23,24). The van der Waals surface area contributed by atoms with E-state index in [0.717, 1.165) is 27.7 Å². The minimum atomic E-state index is -0.909. The first-order chi connectivity index (χ1) is 11.6. The van der Waals surface area contributed by atoms with Crippen LogP contribution in [-0.2, 0) is 0 Å². The molecule has 1 heterocycles. The molecule has 0 saturated carbocycles. The number of carbonyl (C=O) groups is 1. The highest BCUT2D eigenvalue weighted by atomic mass is 16.4. The summed E-state index contributed by atoms with van der Waals surface area (Å²) in [5.74, 6) is -0.909. The number of pyridine rings is 1. The highest BCUT2D eigenvalue weighted by molar-refractivity contribution is 5.91. The monoisotopic (exact) mass is 318 g/mol. The van der Waals surface area contributed by atoms with E-state index < -0.39 is 5.97 Å². The maximum atomic E-state index is 10.9. The fourth-order valence-electron chi connectivity index (χ4n) is 2.55. The SMILES string of the molecule is CC(=Cc1ccc(C(=O)O)cc1)CNc1cccc2ncccc12. The van der Waals surface area contributed by atoms with Crippen LogP contribution in [0.4, 0.5) is 5.69 Å². The number of rotatable bonds is 5. The largest absolute Gasteiger partial charge is 0.478 e. The summed E-state index contributed by atoms with van der Waals surface area (Å²) < 4.78 is 0. The van der Waals surface area contributed by atoms with Gasteiger partial charge in [0.15, 0.2) is 0 Å². The van der Waals surface area contributed by atoms with Crippen LogP contribution in [0.15, 0.2) is 66.4 Å².